The van der Waals surface area contributed by atoms with Crippen molar-refractivity contribution in [3.05, 3.63) is 17.0 Å². The van der Waals surface area contributed by atoms with Crippen LogP contribution in [0.5, 0.6) is 0 Å². The molecule has 0 radical (unpaired) electrons. The minimum absolute atomic E-state index is 0.150. The Hall–Kier alpha value is -1.36. The Labute approximate surface area is 116 Å². The smallest absolute Gasteiger partial charge is 0.223 e. The Morgan fingerprint density at radius 1 is 1.42 bits per heavy atom. The molecule has 1 amide bonds. The van der Waals surface area contributed by atoms with Gasteiger partial charge in [0.15, 0.2) is 0 Å². The summed E-state index contributed by atoms with van der Waals surface area (Å²) in [5.41, 5.74) is 3.52. The highest BCUT2D eigenvalue weighted by molar-refractivity contribution is 5.75. The van der Waals surface area contributed by atoms with Gasteiger partial charge in [-0.05, 0) is 27.7 Å². The molecule has 0 bridgehead atoms. The normalized spacial score (nSPS) is 12.5. The van der Waals surface area contributed by atoms with Gasteiger partial charge in [-0.15, -0.1) is 0 Å². The first-order valence-electron chi connectivity index (χ1n) is 6.85. The Balaban J connectivity index is 2.61. The molecule has 1 heterocycles. The molecule has 1 aromatic heterocycles. The zero-order valence-electron chi connectivity index (χ0n) is 12.9. The van der Waals surface area contributed by atoms with Crippen molar-refractivity contribution >= 4 is 5.91 Å². The quantitative estimate of drug-likeness (QED) is 0.851. The van der Waals surface area contributed by atoms with E-state index in [1.165, 1.54) is 11.3 Å². The zero-order valence-corrected chi connectivity index (χ0v) is 12.9. The summed E-state index contributed by atoms with van der Waals surface area (Å²) in [7, 11) is 3.57. The summed E-state index contributed by atoms with van der Waals surface area (Å²) in [6, 6.07) is 0.218. The molecule has 0 saturated heterocycles. The van der Waals surface area contributed by atoms with Crippen LogP contribution in [0.3, 0.4) is 0 Å². The molecule has 1 atom stereocenters. The van der Waals surface area contributed by atoms with Gasteiger partial charge in [0.2, 0.25) is 5.91 Å². The lowest BCUT2D eigenvalue weighted by atomic mass is 10.1. The van der Waals surface area contributed by atoms with Crippen molar-refractivity contribution in [3.63, 3.8) is 0 Å². The molecule has 1 aromatic rings. The highest BCUT2D eigenvalue weighted by atomic mass is 16.2. The predicted molar refractivity (Wildman–Crippen MR) is 77.1 cm³/mol. The second kappa shape index (κ2) is 6.70. The van der Waals surface area contributed by atoms with Crippen molar-refractivity contribution in [2.45, 2.75) is 46.7 Å². The molecule has 0 aromatic carbocycles. The predicted octanol–water partition coefficient (Wildman–Crippen LogP) is 1.65. The second-order valence-electron chi connectivity index (χ2n) is 5.11. The summed E-state index contributed by atoms with van der Waals surface area (Å²) in [4.78, 5) is 13.1. The molecule has 0 saturated carbocycles. The third-order valence-corrected chi connectivity index (χ3v) is 3.46. The van der Waals surface area contributed by atoms with E-state index in [-0.39, 0.29) is 11.9 Å². The molecule has 1 rings (SSSR count). The van der Waals surface area contributed by atoms with Crippen molar-refractivity contribution in [2.24, 2.45) is 0 Å². The van der Waals surface area contributed by atoms with Crippen LogP contribution in [-0.4, -0.2) is 41.2 Å². The van der Waals surface area contributed by atoms with Gasteiger partial charge in [0.1, 0.15) is 0 Å². The molecule has 1 N–H and O–H groups in total. The third kappa shape index (κ3) is 3.80. The summed E-state index contributed by atoms with van der Waals surface area (Å²) in [5, 5.41) is 7.93. The van der Waals surface area contributed by atoms with Gasteiger partial charge in [0.25, 0.3) is 0 Å². The first-order chi connectivity index (χ1) is 8.88. The number of carbonyl (C=O) groups is 1. The van der Waals surface area contributed by atoms with Crippen molar-refractivity contribution in [1.82, 2.24) is 20.0 Å². The molecule has 5 heteroatoms. The lowest BCUT2D eigenvalue weighted by Gasteiger charge is -2.16. The van der Waals surface area contributed by atoms with E-state index >= 15 is 0 Å². The fourth-order valence-corrected chi connectivity index (χ4v) is 2.37. The van der Waals surface area contributed by atoms with Crippen LogP contribution in [0.2, 0.25) is 0 Å². The van der Waals surface area contributed by atoms with E-state index in [1.807, 2.05) is 11.6 Å². The molecular formula is C14H26N4O. The fraction of sp³-hybridized carbons (Fsp3) is 0.714. The monoisotopic (exact) mass is 266 g/mol. The summed E-state index contributed by atoms with van der Waals surface area (Å²) >= 11 is 0. The number of nitrogens with one attached hydrogen (secondary N) is 1. The van der Waals surface area contributed by atoms with Crippen molar-refractivity contribution in [2.75, 3.05) is 20.6 Å². The van der Waals surface area contributed by atoms with Crippen LogP contribution in [0.4, 0.5) is 0 Å². The lowest BCUT2D eigenvalue weighted by molar-refractivity contribution is -0.128. The number of hydrogen-bond donors (Lipinski definition) is 1. The standard InChI is InChI=1S/C14H26N4O/c1-7-18-12(4)14(11(3)16-18)10(2)15-9-8-13(19)17(5)6/h10,15H,7-9H2,1-6H3. The van der Waals surface area contributed by atoms with Crippen LogP contribution in [0, 0.1) is 13.8 Å². The highest BCUT2D eigenvalue weighted by Crippen LogP contribution is 2.21. The molecule has 5 nitrogen and oxygen atoms in total. The van der Waals surface area contributed by atoms with Crippen LogP contribution < -0.4 is 5.32 Å². The average molecular weight is 266 g/mol. The van der Waals surface area contributed by atoms with E-state index in [0.717, 1.165) is 12.2 Å². The molecule has 108 valence electrons. The van der Waals surface area contributed by atoms with Crippen LogP contribution in [-0.2, 0) is 11.3 Å². The highest BCUT2D eigenvalue weighted by Gasteiger charge is 2.16. The van der Waals surface area contributed by atoms with E-state index in [2.05, 4.69) is 31.2 Å². The Kier molecular flexibility index (Phi) is 5.54. The second-order valence-corrected chi connectivity index (χ2v) is 5.11. The number of hydrogen-bond acceptors (Lipinski definition) is 3. The third-order valence-electron chi connectivity index (χ3n) is 3.46. The number of amides is 1. The minimum atomic E-state index is 0.150. The van der Waals surface area contributed by atoms with E-state index in [9.17, 15) is 4.79 Å². The minimum Gasteiger partial charge on any atom is -0.349 e. The number of rotatable bonds is 6. The van der Waals surface area contributed by atoms with Gasteiger partial charge in [-0.25, -0.2) is 0 Å². The number of aryl methyl sites for hydroxylation is 2. The maximum absolute atomic E-state index is 11.5. The number of aromatic nitrogens is 2. The van der Waals surface area contributed by atoms with Gasteiger partial charge in [-0.2, -0.15) is 5.10 Å². The molecule has 1 unspecified atom stereocenters. The molecule has 0 fully saturated rings. The fourth-order valence-electron chi connectivity index (χ4n) is 2.37. The summed E-state index contributed by atoms with van der Waals surface area (Å²) in [6.45, 7) is 9.93. The van der Waals surface area contributed by atoms with Crippen molar-refractivity contribution < 1.29 is 4.79 Å². The van der Waals surface area contributed by atoms with Crippen LogP contribution in [0.1, 0.15) is 43.3 Å². The summed E-state index contributed by atoms with van der Waals surface area (Å²) in [6.07, 6.45) is 0.525. The Morgan fingerprint density at radius 3 is 2.53 bits per heavy atom. The summed E-state index contributed by atoms with van der Waals surface area (Å²) in [5.74, 6) is 0.150. The van der Waals surface area contributed by atoms with Crippen molar-refractivity contribution in [3.8, 4) is 0 Å². The van der Waals surface area contributed by atoms with Crippen LogP contribution >= 0.6 is 0 Å². The van der Waals surface area contributed by atoms with E-state index < -0.39 is 0 Å². The van der Waals surface area contributed by atoms with Gasteiger partial charge >= 0.3 is 0 Å². The Bertz CT molecular complexity index is 437. The number of nitrogens with zero attached hydrogens (tertiary/aromatic N) is 3. The van der Waals surface area contributed by atoms with Crippen molar-refractivity contribution in [1.29, 1.82) is 0 Å². The first kappa shape index (κ1) is 15.7. The molecule has 0 aliphatic rings. The average Bonchev–Trinajstić information content (AvgIpc) is 2.63. The van der Waals surface area contributed by atoms with Gasteiger partial charge in [0, 0.05) is 50.9 Å². The van der Waals surface area contributed by atoms with E-state index in [0.29, 0.717) is 13.0 Å². The maximum Gasteiger partial charge on any atom is 0.223 e. The zero-order chi connectivity index (χ0) is 14.6. The van der Waals surface area contributed by atoms with Gasteiger partial charge in [-0.1, -0.05) is 0 Å². The molecule has 0 aliphatic heterocycles. The Morgan fingerprint density at radius 2 is 2.05 bits per heavy atom. The lowest BCUT2D eigenvalue weighted by Crippen LogP contribution is -2.28. The molecule has 19 heavy (non-hydrogen) atoms. The topological polar surface area (TPSA) is 50.2 Å². The largest absolute Gasteiger partial charge is 0.349 e. The van der Waals surface area contributed by atoms with Crippen LogP contribution in [0.25, 0.3) is 0 Å². The van der Waals surface area contributed by atoms with E-state index in [1.54, 1.807) is 19.0 Å². The maximum atomic E-state index is 11.5. The van der Waals surface area contributed by atoms with Crippen LogP contribution in [0.15, 0.2) is 0 Å². The van der Waals surface area contributed by atoms with Gasteiger partial charge < -0.3 is 10.2 Å². The van der Waals surface area contributed by atoms with Gasteiger partial charge in [0.05, 0.1) is 5.69 Å². The van der Waals surface area contributed by atoms with Gasteiger partial charge in [-0.3, -0.25) is 9.48 Å². The number of carbonyl (C=O) groups excluding carboxylic acids is 1. The SMILES string of the molecule is CCn1nc(C)c(C(C)NCCC(=O)N(C)C)c1C. The molecule has 0 spiro atoms. The summed E-state index contributed by atoms with van der Waals surface area (Å²) < 4.78 is 2.02. The molecule has 0 aliphatic carbocycles. The first-order valence-corrected chi connectivity index (χ1v) is 6.85. The molecular weight excluding hydrogens is 240 g/mol. The van der Waals surface area contributed by atoms with E-state index in [4.69, 9.17) is 0 Å².